The van der Waals surface area contributed by atoms with Crippen molar-refractivity contribution < 1.29 is 19.1 Å². The Kier molecular flexibility index (Phi) is 4.76. The maximum atomic E-state index is 10.8. The van der Waals surface area contributed by atoms with E-state index in [2.05, 4.69) is 9.47 Å². The Morgan fingerprint density at radius 3 is 2.33 bits per heavy atom. The maximum Gasteiger partial charge on any atom is 0.344 e. The molecule has 0 bridgehead atoms. The minimum atomic E-state index is -0.564. The van der Waals surface area contributed by atoms with Crippen LogP contribution in [0.1, 0.15) is 13.8 Å². The summed E-state index contributed by atoms with van der Waals surface area (Å²) in [4.78, 5) is 21.2. The van der Waals surface area contributed by atoms with Gasteiger partial charge in [0.1, 0.15) is 0 Å². The van der Waals surface area contributed by atoms with E-state index in [1.165, 1.54) is 13.2 Å². The molecule has 0 amide bonds. The quantitative estimate of drug-likeness (QED) is 0.463. The molecule has 0 fully saturated rings. The largest absolute Gasteiger partial charge is 0.466 e. The first kappa shape index (κ1) is 10.7. The van der Waals surface area contributed by atoms with Crippen LogP contribution in [0.15, 0.2) is 11.6 Å². The minimum Gasteiger partial charge on any atom is -0.466 e. The summed E-state index contributed by atoms with van der Waals surface area (Å²) in [5.74, 6) is -1.09. The van der Waals surface area contributed by atoms with Crippen molar-refractivity contribution in [3.05, 3.63) is 11.6 Å². The number of carbonyl (C=O) groups excluding carboxylic acids is 2. The zero-order valence-corrected chi connectivity index (χ0v) is 7.42. The van der Waals surface area contributed by atoms with Crippen LogP contribution in [0.3, 0.4) is 0 Å². The Morgan fingerprint density at radius 2 is 1.92 bits per heavy atom. The summed E-state index contributed by atoms with van der Waals surface area (Å²) in [7, 11) is 1.23. The fourth-order valence-electron chi connectivity index (χ4n) is 0.466. The van der Waals surface area contributed by atoms with Crippen LogP contribution in [0.25, 0.3) is 0 Å². The molecule has 4 heteroatoms. The molecule has 0 saturated carbocycles. The van der Waals surface area contributed by atoms with Crippen molar-refractivity contribution in [3.63, 3.8) is 0 Å². The molecule has 0 aromatic rings. The summed E-state index contributed by atoms with van der Waals surface area (Å²) in [6.45, 7) is 3.19. The Hall–Kier alpha value is -1.32. The molecule has 0 aromatic heterocycles. The smallest absolute Gasteiger partial charge is 0.344 e. The molecule has 0 aliphatic carbocycles. The van der Waals surface area contributed by atoms with Crippen molar-refractivity contribution in [1.29, 1.82) is 0 Å². The standard InChI is InChI=1S/C8H12O4/c1-6(2)4-7(9)12-5-8(10)11-3/h4H,5H2,1-3H3. The van der Waals surface area contributed by atoms with Crippen LogP contribution >= 0.6 is 0 Å². The van der Waals surface area contributed by atoms with Gasteiger partial charge < -0.3 is 9.47 Å². The summed E-state index contributed by atoms with van der Waals surface area (Å²) in [6, 6.07) is 0. The fourth-order valence-corrected chi connectivity index (χ4v) is 0.466. The zero-order chi connectivity index (χ0) is 9.56. The van der Waals surface area contributed by atoms with Gasteiger partial charge in [-0.1, -0.05) is 5.57 Å². The minimum absolute atomic E-state index is 0.334. The van der Waals surface area contributed by atoms with E-state index in [1.807, 2.05) is 0 Å². The first-order valence-corrected chi connectivity index (χ1v) is 3.44. The molecular weight excluding hydrogens is 160 g/mol. The first-order chi connectivity index (χ1) is 5.56. The second kappa shape index (κ2) is 5.35. The molecule has 0 heterocycles. The number of carbonyl (C=O) groups is 2. The highest BCUT2D eigenvalue weighted by Gasteiger charge is 2.03. The van der Waals surface area contributed by atoms with Gasteiger partial charge in [0.25, 0.3) is 0 Å². The van der Waals surface area contributed by atoms with Gasteiger partial charge in [-0.05, 0) is 13.8 Å². The Labute approximate surface area is 71.2 Å². The molecule has 68 valence electrons. The maximum absolute atomic E-state index is 10.8. The third kappa shape index (κ3) is 5.46. The van der Waals surface area contributed by atoms with E-state index >= 15 is 0 Å². The molecule has 0 N–H and O–H groups in total. The molecule has 0 atom stereocenters. The van der Waals surface area contributed by atoms with Crippen molar-refractivity contribution in [1.82, 2.24) is 0 Å². The van der Waals surface area contributed by atoms with E-state index in [-0.39, 0.29) is 6.61 Å². The first-order valence-electron chi connectivity index (χ1n) is 3.44. The van der Waals surface area contributed by atoms with E-state index in [1.54, 1.807) is 13.8 Å². The van der Waals surface area contributed by atoms with E-state index in [9.17, 15) is 9.59 Å². The third-order valence-electron chi connectivity index (χ3n) is 0.966. The lowest BCUT2D eigenvalue weighted by Crippen LogP contribution is -2.13. The number of hydrogen-bond acceptors (Lipinski definition) is 4. The third-order valence-corrected chi connectivity index (χ3v) is 0.966. The topological polar surface area (TPSA) is 52.6 Å². The predicted molar refractivity (Wildman–Crippen MR) is 42.4 cm³/mol. The van der Waals surface area contributed by atoms with Gasteiger partial charge in [-0.25, -0.2) is 9.59 Å². The SMILES string of the molecule is COC(=O)COC(=O)C=C(C)C. The van der Waals surface area contributed by atoms with Crippen LogP contribution < -0.4 is 0 Å². The molecule has 0 aromatic carbocycles. The predicted octanol–water partition coefficient (Wildman–Crippen LogP) is 0.669. The number of allylic oxidation sites excluding steroid dienone is 1. The lowest BCUT2D eigenvalue weighted by Gasteiger charge is -1.99. The molecule has 0 unspecified atom stereocenters. The summed E-state index contributed by atoms with van der Waals surface area (Å²) < 4.78 is 8.78. The summed E-state index contributed by atoms with van der Waals surface area (Å²) >= 11 is 0. The highest BCUT2D eigenvalue weighted by Crippen LogP contribution is 1.90. The zero-order valence-electron chi connectivity index (χ0n) is 7.42. The Bertz CT molecular complexity index is 201. The number of methoxy groups -OCH3 is 1. The van der Waals surface area contributed by atoms with Gasteiger partial charge in [0.15, 0.2) is 6.61 Å². The highest BCUT2D eigenvalue weighted by molar-refractivity contribution is 5.84. The van der Waals surface area contributed by atoms with Gasteiger partial charge in [-0.2, -0.15) is 0 Å². The summed E-state index contributed by atoms with van der Waals surface area (Å²) in [6.07, 6.45) is 1.31. The van der Waals surface area contributed by atoms with Crippen molar-refractivity contribution in [2.24, 2.45) is 0 Å². The average Bonchev–Trinajstić information content (AvgIpc) is 1.99. The van der Waals surface area contributed by atoms with E-state index in [0.717, 1.165) is 5.57 Å². The van der Waals surface area contributed by atoms with Crippen molar-refractivity contribution in [2.45, 2.75) is 13.8 Å². The monoisotopic (exact) mass is 172 g/mol. The molecule has 0 rings (SSSR count). The molecular formula is C8H12O4. The van der Waals surface area contributed by atoms with Crippen molar-refractivity contribution in [2.75, 3.05) is 13.7 Å². The van der Waals surface area contributed by atoms with Crippen LogP contribution in [0.4, 0.5) is 0 Å². The van der Waals surface area contributed by atoms with Gasteiger partial charge in [-0.15, -0.1) is 0 Å². The van der Waals surface area contributed by atoms with E-state index in [0.29, 0.717) is 0 Å². The van der Waals surface area contributed by atoms with E-state index in [4.69, 9.17) is 0 Å². The van der Waals surface area contributed by atoms with Gasteiger partial charge in [0.05, 0.1) is 7.11 Å². The van der Waals surface area contributed by atoms with Crippen LogP contribution in [-0.2, 0) is 19.1 Å². The molecule has 4 nitrogen and oxygen atoms in total. The molecule has 12 heavy (non-hydrogen) atoms. The van der Waals surface area contributed by atoms with Crippen LogP contribution in [-0.4, -0.2) is 25.7 Å². The van der Waals surface area contributed by atoms with Gasteiger partial charge in [-0.3, -0.25) is 0 Å². The second-order valence-corrected chi connectivity index (χ2v) is 2.41. The fraction of sp³-hybridized carbons (Fsp3) is 0.500. The number of hydrogen-bond donors (Lipinski definition) is 0. The van der Waals surface area contributed by atoms with Gasteiger partial charge >= 0.3 is 11.9 Å². The number of ether oxygens (including phenoxy) is 2. The van der Waals surface area contributed by atoms with Gasteiger partial charge in [0, 0.05) is 6.08 Å². The van der Waals surface area contributed by atoms with Crippen LogP contribution in [0.5, 0.6) is 0 Å². The molecule has 0 saturated heterocycles. The van der Waals surface area contributed by atoms with Gasteiger partial charge in [0.2, 0.25) is 0 Å². The molecule has 0 aliphatic rings. The average molecular weight is 172 g/mol. The summed E-state index contributed by atoms with van der Waals surface area (Å²) in [5.41, 5.74) is 0.824. The molecule has 0 radical (unpaired) electrons. The number of esters is 2. The Morgan fingerprint density at radius 1 is 1.33 bits per heavy atom. The Balaban J connectivity index is 3.73. The normalized spacial score (nSPS) is 8.58. The van der Waals surface area contributed by atoms with Crippen molar-refractivity contribution >= 4 is 11.9 Å². The molecule has 0 spiro atoms. The summed E-state index contributed by atoms with van der Waals surface area (Å²) in [5, 5.41) is 0. The lowest BCUT2D eigenvalue weighted by molar-refractivity contribution is -0.154. The number of rotatable bonds is 3. The van der Waals surface area contributed by atoms with Crippen LogP contribution in [0, 0.1) is 0 Å². The highest BCUT2D eigenvalue weighted by atomic mass is 16.6. The molecule has 0 aliphatic heterocycles. The second-order valence-electron chi connectivity index (χ2n) is 2.41. The van der Waals surface area contributed by atoms with Crippen LogP contribution in [0.2, 0.25) is 0 Å². The van der Waals surface area contributed by atoms with Crippen molar-refractivity contribution in [3.8, 4) is 0 Å². The lowest BCUT2D eigenvalue weighted by atomic mass is 10.3. The van der Waals surface area contributed by atoms with E-state index < -0.39 is 11.9 Å².